The lowest BCUT2D eigenvalue weighted by Crippen LogP contribution is -2.33. The summed E-state index contributed by atoms with van der Waals surface area (Å²) in [5, 5.41) is 19.1. The van der Waals surface area contributed by atoms with E-state index >= 15 is 0 Å². The number of allylic oxidation sites excluding steroid dienone is 1. The summed E-state index contributed by atoms with van der Waals surface area (Å²) < 4.78 is 0. The van der Waals surface area contributed by atoms with E-state index in [-0.39, 0.29) is 13.2 Å². The van der Waals surface area contributed by atoms with Crippen LogP contribution in [0.5, 0.6) is 0 Å². The standard InChI is InChI=1S/C25H31NO2/c1-18-21(12-22-13-23(16-27)24(17-28)14-25(18)22)11-19-7-9-26(10-8-19)15-20-5-3-2-4-6-20/h2-6,13-14,19,21,27-28H,1,7-12,15-17H2. The molecule has 2 aromatic rings. The highest BCUT2D eigenvalue weighted by Crippen LogP contribution is 2.42. The van der Waals surface area contributed by atoms with Gasteiger partial charge in [0.25, 0.3) is 0 Å². The van der Waals surface area contributed by atoms with Crippen LogP contribution in [-0.4, -0.2) is 28.2 Å². The Morgan fingerprint density at radius 2 is 1.64 bits per heavy atom. The van der Waals surface area contributed by atoms with Gasteiger partial charge in [0.2, 0.25) is 0 Å². The Kier molecular flexibility index (Phi) is 5.96. The zero-order valence-corrected chi connectivity index (χ0v) is 16.6. The quantitative estimate of drug-likeness (QED) is 0.794. The minimum atomic E-state index is -0.0268. The van der Waals surface area contributed by atoms with Crippen molar-refractivity contribution in [2.45, 2.75) is 45.4 Å². The molecule has 0 saturated carbocycles. The lowest BCUT2D eigenvalue weighted by atomic mass is 9.84. The highest BCUT2D eigenvalue weighted by molar-refractivity contribution is 5.73. The number of hydrogen-bond acceptors (Lipinski definition) is 3. The maximum atomic E-state index is 9.58. The number of benzene rings is 2. The molecule has 0 amide bonds. The maximum Gasteiger partial charge on any atom is 0.0685 e. The fourth-order valence-corrected chi connectivity index (χ4v) is 4.96. The van der Waals surface area contributed by atoms with Crippen molar-refractivity contribution in [1.82, 2.24) is 4.90 Å². The van der Waals surface area contributed by atoms with Crippen molar-refractivity contribution in [2.75, 3.05) is 13.1 Å². The fraction of sp³-hybridized carbons (Fsp3) is 0.440. The molecule has 1 aliphatic carbocycles. The van der Waals surface area contributed by atoms with Crippen LogP contribution in [0.3, 0.4) is 0 Å². The molecule has 0 bridgehead atoms. The van der Waals surface area contributed by atoms with Crippen molar-refractivity contribution in [3.05, 3.63) is 76.9 Å². The Balaban J connectivity index is 1.34. The smallest absolute Gasteiger partial charge is 0.0685 e. The van der Waals surface area contributed by atoms with Crippen LogP contribution in [0.4, 0.5) is 0 Å². The first-order chi connectivity index (χ1) is 13.7. The third kappa shape index (κ3) is 4.07. The monoisotopic (exact) mass is 377 g/mol. The molecule has 2 N–H and O–H groups in total. The molecule has 3 heteroatoms. The number of nitrogens with zero attached hydrogens (tertiary/aromatic N) is 1. The maximum absolute atomic E-state index is 9.58. The molecular formula is C25H31NO2. The first-order valence-electron chi connectivity index (χ1n) is 10.5. The average molecular weight is 378 g/mol. The topological polar surface area (TPSA) is 43.7 Å². The summed E-state index contributed by atoms with van der Waals surface area (Å²) >= 11 is 0. The average Bonchev–Trinajstić information content (AvgIpc) is 3.03. The highest BCUT2D eigenvalue weighted by Gasteiger charge is 2.30. The Labute approximate surface area is 168 Å². The minimum Gasteiger partial charge on any atom is -0.392 e. The van der Waals surface area contributed by atoms with Crippen LogP contribution in [0.15, 0.2) is 49.0 Å². The van der Waals surface area contributed by atoms with Gasteiger partial charge in [-0.05, 0) is 90.1 Å². The number of likely N-dealkylation sites (tertiary alicyclic amines) is 1. The Morgan fingerprint density at radius 3 is 2.32 bits per heavy atom. The van der Waals surface area contributed by atoms with Gasteiger partial charge in [-0.25, -0.2) is 0 Å². The van der Waals surface area contributed by atoms with E-state index in [0.29, 0.717) is 5.92 Å². The molecule has 148 valence electrons. The number of rotatable bonds is 6. The summed E-state index contributed by atoms with van der Waals surface area (Å²) in [5.74, 6) is 1.26. The largest absolute Gasteiger partial charge is 0.392 e. The minimum absolute atomic E-state index is 0.0137. The van der Waals surface area contributed by atoms with E-state index in [9.17, 15) is 10.2 Å². The molecule has 1 aliphatic heterocycles. The lowest BCUT2D eigenvalue weighted by molar-refractivity contribution is 0.166. The van der Waals surface area contributed by atoms with Crippen molar-refractivity contribution in [3.8, 4) is 0 Å². The van der Waals surface area contributed by atoms with Crippen molar-refractivity contribution in [2.24, 2.45) is 11.8 Å². The van der Waals surface area contributed by atoms with Crippen LogP contribution in [-0.2, 0) is 26.2 Å². The predicted molar refractivity (Wildman–Crippen MR) is 114 cm³/mol. The molecule has 1 heterocycles. The fourth-order valence-electron chi connectivity index (χ4n) is 4.96. The molecule has 3 nitrogen and oxygen atoms in total. The zero-order valence-electron chi connectivity index (χ0n) is 16.6. The van der Waals surface area contributed by atoms with Gasteiger partial charge >= 0.3 is 0 Å². The second-order valence-corrected chi connectivity index (χ2v) is 8.46. The molecule has 2 aliphatic rings. The molecule has 1 fully saturated rings. The van der Waals surface area contributed by atoms with Crippen LogP contribution in [0, 0.1) is 11.8 Å². The van der Waals surface area contributed by atoms with Gasteiger partial charge in [0.15, 0.2) is 0 Å². The molecule has 1 unspecified atom stereocenters. The van der Waals surface area contributed by atoms with Gasteiger partial charge in [0.1, 0.15) is 0 Å². The van der Waals surface area contributed by atoms with Crippen molar-refractivity contribution >= 4 is 5.57 Å². The summed E-state index contributed by atoms with van der Waals surface area (Å²) in [6.45, 7) is 7.76. The molecule has 1 atom stereocenters. The van der Waals surface area contributed by atoms with Crippen LogP contribution in [0.1, 0.15) is 47.1 Å². The normalized spacial score (nSPS) is 20.5. The summed E-state index contributed by atoms with van der Waals surface area (Å²) in [7, 11) is 0. The van der Waals surface area contributed by atoms with E-state index in [4.69, 9.17) is 0 Å². The first kappa shape index (κ1) is 19.4. The van der Waals surface area contributed by atoms with E-state index in [1.165, 1.54) is 54.6 Å². The number of hydrogen-bond donors (Lipinski definition) is 2. The molecule has 0 aromatic heterocycles. The van der Waals surface area contributed by atoms with Crippen LogP contribution >= 0.6 is 0 Å². The summed E-state index contributed by atoms with van der Waals surface area (Å²) in [5.41, 5.74) is 6.80. The zero-order chi connectivity index (χ0) is 19.5. The van der Waals surface area contributed by atoms with Gasteiger partial charge in [0, 0.05) is 6.54 Å². The molecule has 28 heavy (non-hydrogen) atoms. The van der Waals surface area contributed by atoms with Gasteiger partial charge in [-0.1, -0.05) is 43.0 Å². The summed E-state index contributed by atoms with van der Waals surface area (Å²) in [6, 6.07) is 14.9. The summed E-state index contributed by atoms with van der Waals surface area (Å²) in [4.78, 5) is 2.57. The van der Waals surface area contributed by atoms with Crippen molar-refractivity contribution < 1.29 is 10.2 Å². The van der Waals surface area contributed by atoms with Gasteiger partial charge < -0.3 is 10.2 Å². The van der Waals surface area contributed by atoms with Gasteiger partial charge in [-0.2, -0.15) is 0 Å². The Morgan fingerprint density at radius 1 is 0.964 bits per heavy atom. The molecular weight excluding hydrogens is 346 g/mol. The van der Waals surface area contributed by atoms with E-state index in [1.54, 1.807) is 0 Å². The molecule has 0 spiro atoms. The molecule has 0 radical (unpaired) electrons. The number of aliphatic hydroxyl groups is 2. The van der Waals surface area contributed by atoms with E-state index in [1.807, 2.05) is 6.07 Å². The second kappa shape index (κ2) is 8.60. The molecule has 1 saturated heterocycles. The Hall–Kier alpha value is -1.94. The first-order valence-corrected chi connectivity index (χ1v) is 10.5. The third-order valence-electron chi connectivity index (χ3n) is 6.65. The number of piperidine rings is 1. The van der Waals surface area contributed by atoms with E-state index in [2.05, 4.69) is 47.9 Å². The third-order valence-corrected chi connectivity index (χ3v) is 6.65. The predicted octanol–water partition coefficient (Wildman–Crippen LogP) is 4.16. The molecule has 4 rings (SSSR count). The van der Waals surface area contributed by atoms with E-state index < -0.39 is 0 Å². The van der Waals surface area contributed by atoms with Crippen LogP contribution in [0.2, 0.25) is 0 Å². The number of aliphatic hydroxyl groups excluding tert-OH is 2. The molecule has 2 aromatic carbocycles. The van der Waals surface area contributed by atoms with Crippen LogP contribution in [0.25, 0.3) is 5.57 Å². The Bertz CT molecular complexity index is 822. The van der Waals surface area contributed by atoms with Crippen molar-refractivity contribution in [1.29, 1.82) is 0 Å². The second-order valence-electron chi connectivity index (χ2n) is 8.46. The SMILES string of the molecule is C=C1c2cc(CO)c(CO)cc2CC1CC1CCN(Cc2ccccc2)CC1. The summed E-state index contributed by atoms with van der Waals surface area (Å²) in [6.07, 6.45) is 4.75. The van der Waals surface area contributed by atoms with Crippen molar-refractivity contribution in [3.63, 3.8) is 0 Å². The highest BCUT2D eigenvalue weighted by atomic mass is 16.3. The van der Waals surface area contributed by atoms with Gasteiger partial charge in [-0.15, -0.1) is 0 Å². The van der Waals surface area contributed by atoms with Gasteiger partial charge in [0.05, 0.1) is 13.2 Å². The lowest BCUT2D eigenvalue weighted by Gasteiger charge is -2.33. The van der Waals surface area contributed by atoms with E-state index in [0.717, 1.165) is 30.0 Å². The van der Waals surface area contributed by atoms with Crippen LogP contribution < -0.4 is 0 Å². The van der Waals surface area contributed by atoms with Gasteiger partial charge in [-0.3, -0.25) is 4.90 Å². The number of fused-ring (bicyclic) bond motifs is 1.